The first-order valence-corrected chi connectivity index (χ1v) is 10.8. The van der Waals surface area contributed by atoms with Crippen LogP contribution in [0.2, 0.25) is 0 Å². The lowest BCUT2D eigenvalue weighted by molar-refractivity contribution is -0.126. The highest BCUT2D eigenvalue weighted by atomic mass is 16.5. The molecule has 1 saturated heterocycles. The Morgan fingerprint density at radius 2 is 1.66 bits per heavy atom. The van der Waals surface area contributed by atoms with E-state index in [1.54, 1.807) is 0 Å². The molecular formula is C23H36N2O4. The number of anilines is 1. The van der Waals surface area contributed by atoms with Gasteiger partial charge in [-0.05, 0) is 43.5 Å². The van der Waals surface area contributed by atoms with Crippen molar-refractivity contribution in [1.29, 1.82) is 0 Å². The van der Waals surface area contributed by atoms with E-state index in [9.17, 15) is 9.59 Å². The van der Waals surface area contributed by atoms with Gasteiger partial charge in [0.2, 0.25) is 0 Å². The molecule has 0 radical (unpaired) electrons. The highest BCUT2D eigenvalue weighted by Gasteiger charge is 2.26. The molecule has 0 bridgehead atoms. The van der Waals surface area contributed by atoms with Crippen LogP contribution in [-0.4, -0.2) is 57.8 Å². The zero-order chi connectivity index (χ0) is 21.1. The number of nitrogens with one attached hydrogen (secondary N) is 1. The van der Waals surface area contributed by atoms with Gasteiger partial charge in [0, 0.05) is 49.3 Å². The van der Waals surface area contributed by atoms with Crippen LogP contribution < -0.4 is 10.2 Å². The molecule has 6 nitrogen and oxygen atoms in total. The van der Waals surface area contributed by atoms with E-state index in [4.69, 9.17) is 9.47 Å². The van der Waals surface area contributed by atoms with E-state index >= 15 is 0 Å². The first-order valence-electron chi connectivity index (χ1n) is 10.8. The number of ether oxygens (including phenoxy) is 2. The van der Waals surface area contributed by atoms with Crippen LogP contribution in [-0.2, 0) is 14.3 Å². The number of amides is 1. The van der Waals surface area contributed by atoms with Gasteiger partial charge in [0.1, 0.15) is 5.78 Å². The van der Waals surface area contributed by atoms with Crippen molar-refractivity contribution in [3.05, 3.63) is 29.8 Å². The predicted molar refractivity (Wildman–Crippen MR) is 115 cm³/mol. The minimum Gasteiger partial charge on any atom is -0.379 e. The summed E-state index contributed by atoms with van der Waals surface area (Å²) in [6.07, 6.45) is 2.82. The van der Waals surface area contributed by atoms with Crippen LogP contribution in [0.4, 0.5) is 5.69 Å². The summed E-state index contributed by atoms with van der Waals surface area (Å²) < 4.78 is 10.8. The number of rotatable bonds is 12. The maximum Gasteiger partial charge on any atom is 0.251 e. The molecule has 1 fully saturated rings. The van der Waals surface area contributed by atoms with Crippen molar-refractivity contribution in [2.24, 2.45) is 11.8 Å². The molecule has 162 valence electrons. The number of nitrogens with zero attached hydrogens (tertiary/aromatic N) is 1. The summed E-state index contributed by atoms with van der Waals surface area (Å²) in [7, 11) is 0. The van der Waals surface area contributed by atoms with Gasteiger partial charge in [0.25, 0.3) is 5.91 Å². The molecule has 0 spiro atoms. The van der Waals surface area contributed by atoms with E-state index in [-0.39, 0.29) is 17.7 Å². The Morgan fingerprint density at radius 3 is 2.24 bits per heavy atom. The van der Waals surface area contributed by atoms with Gasteiger partial charge in [-0.25, -0.2) is 0 Å². The quantitative estimate of drug-likeness (QED) is 0.542. The van der Waals surface area contributed by atoms with Gasteiger partial charge in [0.05, 0.1) is 19.8 Å². The lowest BCUT2D eigenvalue weighted by Gasteiger charge is -2.33. The highest BCUT2D eigenvalue weighted by molar-refractivity contribution is 5.94. The van der Waals surface area contributed by atoms with Crippen LogP contribution in [0.1, 0.15) is 50.4 Å². The van der Waals surface area contributed by atoms with E-state index in [0.29, 0.717) is 37.7 Å². The Balaban J connectivity index is 1.69. The summed E-state index contributed by atoms with van der Waals surface area (Å²) in [6, 6.07) is 7.69. The molecule has 1 N–H and O–H groups in total. The molecule has 1 heterocycles. The standard InChI is InChI=1S/C23H36N2O4/c1-4-14-28-16-17-29-15-11-24-23(27)20-5-7-21(8-6-20)25-12-9-19(10-13-25)22(26)18(2)3/h5-8,18-19H,4,9-17H2,1-3H3,(H,24,27). The number of Topliss-reactive ketones (excluding diaryl/α,β-unsaturated/α-hetero) is 1. The SMILES string of the molecule is CCCOCCOCCNC(=O)c1ccc(N2CCC(C(=O)C(C)C)CC2)cc1. The number of hydrogen-bond acceptors (Lipinski definition) is 5. The summed E-state index contributed by atoms with van der Waals surface area (Å²) in [6.45, 7) is 10.6. The Hall–Kier alpha value is -1.92. The van der Waals surface area contributed by atoms with Crippen LogP contribution in [0.3, 0.4) is 0 Å². The molecule has 29 heavy (non-hydrogen) atoms. The van der Waals surface area contributed by atoms with Gasteiger partial charge in [-0.1, -0.05) is 20.8 Å². The summed E-state index contributed by atoms with van der Waals surface area (Å²) >= 11 is 0. The third-order valence-electron chi connectivity index (χ3n) is 5.21. The fourth-order valence-electron chi connectivity index (χ4n) is 3.52. The van der Waals surface area contributed by atoms with E-state index in [0.717, 1.165) is 44.6 Å². The van der Waals surface area contributed by atoms with Gasteiger partial charge >= 0.3 is 0 Å². The topological polar surface area (TPSA) is 67.9 Å². The smallest absolute Gasteiger partial charge is 0.251 e. The Labute approximate surface area is 174 Å². The minimum atomic E-state index is -0.0939. The number of carbonyl (C=O) groups excluding carboxylic acids is 2. The van der Waals surface area contributed by atoms with Gasteiger partial charge in [-0.2, -0.15) is 0 Å². The average molecular weight is 405 g/mol. The van der Waals surface area contributed by atoms with Crippen molar-refractivity contribution in [1.82, 2.24) is 5.32 Å². The molecule has 0 atom stereocenters. The first-order chi connectivity index (χ1) is 14.0. The Morgan fingerprint density at radius 1 is 1.03 bits per heavy atom. The third-order valence-corrected chi connectivity index (χ3v) is 5.21. The highest BCUT2D eigenvalue weighted by Crippen LogP contribution is 2.25. The van der Waals surface area contributed by atoms with Crippen LogP contribution >= 0.6 is 0 Å². The molecular weight excluding hydrogens is 368 g/mol. The number of carbonyl (C=O) groups is 2. The van der Waals surface area contributed by atoms with Crippen molar-refractivity contribution < 1.29 is 19.1 Å². The third kappa shape index (κ3) is 7.78. The zero-order valence-corrected chi connectivity index (χ0v) is 18.1. The van der Waals surface area contributed by atoms with Crippen LogP contribution in [0.15, 0.2) is 24.3 Å². The molecule has 0 saturated carbocycles. The zero-order valence-electron chi connectivity index (χ0n) is 18.1. The van der Waals surface area contributed by atoms with Crippen molar-refractivity contribution in [2.45, 2.75) is 40.0 Å². The van der Waals surface area contributed by atoms with E-state index in [1.807, 2.05) is 38.1 Å². The molecule has 1 aliphatic rings. The largest absolute Gasteiger partial charge is 0.379 e. The van der Waals surface area contributed by atoms with E-state index in [2.05, 4.69) is 17.1 Å². The fourth-order valence-corrected chi connectivity index (χ4v) is 3.52. The number of benzene rings is 1. The molecule has 1 aromatic rings. The summed E-state index contributed by atoms with van der Waals surface area (Å²) in [4.78, 5) is 26.7. The first kappa shape index (κ1) is 23.4. The molecule has 0 aromatic heterocycles. The lowest BCUT2D eigenvalue weighted by Crippen LogP contribution is -2.37. The summed E-state index contributed by atoms with van der Waals surface area (Å²) in [5.41, 5.74) is 1.75. The van der Waals surface area contributed by atoms with Crippen molar-refractivity contribution in [3.63, 3.8) is 0 Å². The van der Waals surface area contributed by atoms with Crippen LogP contribution in [0.5, 0.6) is 0 Å². The lowest BCUT2D eigenvalue weighted by atomic mass is 9.87. The number of hydrogen-bond donors (Lipinski definition) is 1. The maximum absolute atomic E-state index is 12.2. The maximum atomic E-state index is 12.2. The Bertz CT molecular complexity index is 622. The Kier molecular flexibility index (Phi) is 10.2. The minimum absolute atomic E-state index is 0.0939. The second kappa shape index (κ2) is 12.6. The molecule has 6 heteroatoms. The summed E-state index contributed by atoms with van der Waals surface area (Å²) in [5.74, 6) is 0.596. The predicted octanol–water partition coefficient (Wildman–Crippen LogP) is 3.30. The molecule has 0 unspecified atom stereocenters. The second-order valence-corrected chi connectivity index (χ2v) is 7.85. The van der Waals surface area contributed by atoms with Crippen LogP contribution in [0.25, 0.3) is 0 Å². The number of piperidine rings is 1. The number of ketones is 1. The van der Waals surface area contributed by atoms with Crippen molar-refractivity contribution >= 4 is 17.4 Å². The second-order valence-electron chi connectivity index (χ2n) is 7.85. The fraction of sp³-hybridized carbons (Fsp3) is 0.652. The van der Waals surface area contributed by atoms with Crippen molar-refractivity contribution in [3.8, 4) is 0 Å². The molecule has 2 rings (SSSR count). The molecule has 1 aliphatic heterocycles. The normalized spacial score (nSPS) is 15.0. The van der Waals surface area contributed by atoms with Gasteiger partial charge in [-0.3, -0.25) is 9.59 Å². The van der Waals surface area contributed by atoms with E-state index in [1.165, 1.54) is 0 Å². The van der Waals surface area contributed by atoms with Gasteiger partial charge in [-0.15, -0.1) is 0 Å². The van der Waals surface area contributed by atoms with Crippen LogP contribution in [0, 0.1) is 11.8 Å². The summed E-state index contributed by atoms with van der Waals surface area (Å²) in [5, 5.41) is 2.87. The monoisotopic (exact) mass is 404 g/mol. The van der Waals surface area contributed by atoms with Gasteiger partial charge < -0.3 is 19.7 Å². The molecule has 1 amide bonds. The van der Waals surface area contributed by atoms with E-state index < -0.39 is 0 Å². The molecule has 0 aliphatic carbocycles. The molecule has 1 aromatic carbocycles. The van der Waals surface area contributed by atoms with Crippen molar-refractivity contribution in [2.75, 3.05) is 51.0 Å². The average Bonchev–Trinajstić information content (AvgIpc) is 2.75. The van der Waals surface area contributed by atoms with Gasteiger partial charge in [0.15, 0.2) is 0 Å².